The Morgan fingerprint density at radius 1 is 0.360 bits per heavy atom. The SMILES string of the molecule is Cc1cccc(-c2nc3cc4oc(-c5cc(-c6nc7cc8oc(-c9cccc(-c%10nc%11cc%12oc(C)nc%12cc%11o%10)c9)nc8cc7o6)cc(N6C(=O)c7ccc(C#Cc8ccccc8)cc7C6=O)c5)nc4cc3o2)c1. The van der Waals surface area contributed by atoms with Gasteiger partial charge in [-0.3, -0.25) is 9.59 Å². The molecule has 0 unspecified atom stereocenters. The quantitative estimate of drug-likeness (QED) is 0.113. The van der Waals surface area contributed by atoms with Gasteiger partial charge in [0.15, 0.2) is 39.4 Å². The Kier molecular flexibility index (Phi) is 8.90. The molecule has 0 aliphatic carbocycles. The van der Waals surface area contributed by atoms with E-state index in [1.165, 1.54) is 0 Å². The molecular weight excluding hydrogens is 947 g/mol. The monoisotopic (exact) mass is 977 g/mol. The third-order valence-corrected chi connectivity index (χ3v) is 13.1. The first kappa shape index (κ1) is 42.0. The van der Waals surface area contributed by atoms with Gasteiger partial charge in [0.05, 0.1) is 16.8 Å². The van der Waals surface area contributed by atoms with Crippen LogP contribution in [0.15, 0.2) is 178 Å². The summed E-state index contributed by atoms with van der Waals surface area (Å²) in [6, 6.07) is 45.9. The number of nitrogens with zero attached hydrogens (tertiary/aromatic N) is 7. The number of carbonyl (C=O) groups excluding carboxylic acids is 2. The molecule has 0 saturated heterocycles. The van der Waals surface area contributed by atoms with E-state index in [9.17, 15) is 9.59 Å². The maximum atomic E-state index is 14.4. The van der Waals surface area contributed by atoms with Gasteiger partial charge in [-0.1, -0.05) is 53.8 Å². The van der Waals surface area contributed by atoms with Gasteiger partial charge in [0.2, 0.25) is 29.5 Å². The summed E-state index contributed by atoms with van der Waals surface area (Å²) in [7, 11) is 0. The van der Waals surface area contributed by atoms with Crippen LogP contribution in [-0.2, 0) is 0 Å². The van der Waals surface area contributed by atoms with Gasteiger partial charge in [0, 0.05) is 82.3 Å². The zero-order valence-corrected chi connectivity index (χ0v) is 39.3. The highest BCUT2D eigenvalue weighted by atomic mass is 16.4. The molecule has 0 atom stereocenters. The molecule has 15 heteroatoms. The average Bonchev–Trinajstić information content (AvgIpc) is 4.34. The van der Waals surface area contributed by atoms with Crippen molar-refractivity contribution in [2.24, 2.45) is 0 Å². The van der Waals surface area contributed by atoms with Crippen molar-refractivity contribution in [3.8, 4) is 69.1 Å². The van der Waals surface area contributed by atoms with Crippen molar-refractivity contribution in [2.45, 2.75) is 13.8 Å². The van der Waals surface area contributed by atoms with Crippen LogP contribution >= 0.6 is 0 Å². The molecule has 7 heterocycles. The molecule has 2 amide bonds. The van der Waals surface area contributed by atoms with E-state index in [4.69, 9.17) is 51.4 Å². The van der Waals surface area contributed by atoms with E-state index >= 15 is 0 Å². The molecule has 15 rings (SSSR count). The molecule has 6 aromatic heterocycles. The number of rotatable bonds is 6. The number of oxazole rings is 6. The smallest absolute Gasteiger partial charge is 0.266 e. The van der Waals surface area contributed by atoms with Crippen LogP contribution < -0.4 is 4.90 Å². The minimum absolute atomic E-state index is 0.197. The number of aromatic nitrogens is 6. The lowest BCUT2D eigenvalue weighted by Gasteiger charge is -2.16. The van der Waals surface area contributed by atoms with Gasteiger partial charge in [-0.15, -0.1) is 0 Å². The van der Waals surface area contributed by atoms with Crippen LogP contribution in [0.4, 0.5) is 5.69 Å². The third kappa shape index (κ3) is 7.07. The second-order valence-corrected chi connectivity index (χ2v) is 18.2. The first-order valence-electron chi connectivity index (χ1n) is 23.7. The van der Waals surface area contributed by atoms with Crippen molar-refractivity contribution in [2.75, 3.05) is 4.90 Å². The number of imide groups is 1. The Hall–Kier alpha value is -10.7. The van der Waals surface area contributed by atoms with Crippen LogP contribution in [0.5, 0.6) is 0 Å². The Morgan fingerprint density at radius 3 is 1.31 bits per heavy atom. The second kappa shape index (κ2) is 15.9. The van der Waals surface area contributed by atoms with Crippen molar-refractivity contribution in [1.29, 1.82) is 0 Å². The largest absolute Gasteiger partial charge is 0.441 e. The molecule has 15 nitrogen and oxygen atoms in total. The molecule has 75 heavy (non-hydrogen) atoms. The zero-order valence-electron chi connectivity index (χ0n) is 39.3. The fourth-order valence-electron chi connectivity index (χ4n) is 9.55. The lowest BCUT2D eigenvalue weighted by molar-refractivity contribution is 0.0926. The minimum Gasteiger partial charge on any atom is -0.441 e. The molecule has 14 aromatic rings. The Balaban J connectivity index is 0.794. The maximum Gasteiger partial charge on any atom is 0.266 e. The number of benzene rings is 8. The van der Waals surface area contributed by atoms with Crippen molar-refractivity contribution >= 4 is 84.1 Å². The van der Waals surface area contributed by atoms with E-state index in [-0.39, 0.29) is 28.6 Å². The first-order chi connectivity index (χ1) is 36.7. The Bertz CT molecular complexity index is 4680. The molecule has 1 aliphatic rings. The molecule has 1 aliphatic heterocycles. The molecule has 8 aromatic carbocycles. The summed E-state index contributed by atoms with van der Waals surface area (Å²) in [5, 5.41) is 0. The Labute approximate surface area is 421 Å². The van der Waals surface area contributed by atoms with Crippen LogP contribution in [0.1, 0.15) is 43.3 Å². The number of carbonyl (C=O) groups is 2. The van der Waals surface area contributed by atoms with E-state index in [1.54, 1.807) is 67.6 Å². The van der Waals surface area contributed by atoms with E-state index < -0.39 is 11.8 Å². The number of hydrogen-bond donors (Lipinski definition) is 0. The molecule has 354 valence electrons. The lowest BCUT2D eigenvalue weighted by Crippen LogP contribution is -2.29. The number of amides is 2. The van der Waals surface area contributed by atoms with Crippen LogP contribution in [0.25, 0.3) is 124 Å². The summed E-state index contributed by atoms with van der Waals surface area (Å²) in [5.41, 5.74) is 12.9. The summed E-state index contributed by atoms with van der Waals surface area (Å²) < 4.78 is 37.3. The predicted octanol–water partition coefficient (Wildman–Crippen LogP) is 13.7. The van der Waals surface area contributed by atoms with Crippen LogP contribution in [-0.4, -0.2) is 41.7 Å². The lowest BCUT2D eigenvalue weighted by atomic mass is 10.1. The summed E-state index contributed by atoms with van der Waals surface area (Å²) in [6.07, 6.45) is 0. The highest BCUT2D eigenvalue weighted by Crippen LogP contribution is 2.40. The van der Waals surface area contributed by atoms with Crippen LogP contribution in [0.3, 0.4) is 0 Å². The fraction of sp³-hybridized carbons (Fsp3) is 0.0333. The van der Waals surface area contributed by atoms with Crippen molar-refractivity contribution in [3.63, 3.8) is 0 Å². The summed E-state index contributed by atoms with van der Waals surface area (Å²) in [4.78, 5) is 58.3. The van der Waals surface area contributed by atoms with Crippen molar-refractivity contribution in [3.05, 3.63) is 185 Å². The van der Waals surface area contributed by atoms with Gasteiger partial charge >= 0.3 is 0 Å². The van der Waals surface area contributed by atoms with E-state index in [2.05, 4.69) is 16.8 Å². The molecule has 0 fully saturated rings. The van der Waals surface area contributed by atoms with Crippen molar-refractivity contribution in [1.82, 2.24) is 29.9 Å². The normalized spacial score (nSPS) is 12.6. The third-order valence-electron chi connectivity index (χ3n) is 13.1. The molecule has 0 bridgehead atoms. The Morgan fingerprint density at radius 2 is 0.787 bits per heavy atom. The number of fused-ring (bicyclic) bond motifs is 7. The summed E-state index contributed by atoms with van der Waals surface area (Å²) in [5.74, 6) is 7.48. The summed E-state index contributed by atoms with van der Waals surface area (Å²) >= 11 is 0. The highest BCUT2D eigenvalue weighted by Gasteiger charge is 2.37. The van der Waals surface area contributed by atoms with Gasteiger partial charge in [-0.2, -0.15) is 0 Å². The van der Waals surface area contributed by atoms with E-state index in [1.807, 2.05) is 97.9 Å². The maximum absolute atomic E-state index is 14.4. The van der Waals surface area contributed by atoms with Gasteiger partial charge < -0.3 is 26.5 Å². The standard InChI is InChI=1S/C60H31N7O8/c1-30-8-6-11-34(18-30)54-62-44-26-52-46(28-50(44)71-54)65-57(74-52)37-21-38(23-39(22-37)67-59(68)40-17-16-33(19-41(40)60(67)69)15-14-32-9-4-3-5-10-32)58-66-47-29-51-45(27-53(47)75-58)64-56(73-51)36-13-7-12-35(20-36)55-63-43-25-48-42(24-49(43)72-55)61-31(2)70-48/h3-13,16-29H,1-2H3. The average molecular weight is 978 g/mol. The molecular formula is C60H31N7O8. The van der Waals surface area contributed by atoms with Crippen LogP contribution in [0.2, 0.25) is 0 Å². The zero-order chi connectivity index (χ0) is 50.1. The topological polar surface area (TPSA) is 194 Å². The van der Waals surface area contributed by atoms with Gasteiger partial charge in [-0.25, -0.2) is 34.8 Å². The minimum atomic E-state index is -0.516. The number of hydrogen-bond acceptors (Lipinski definition) is 14. The number of aryl methyl sites for hydroxylation is 2. The van der Waals surface area contributed by atoms with Gasteiger partial charge in [-0.05, 0) is 85.8 Å². The van der Waals surface area contributed by atoms with E-state index in [0.717, 1.165) is 27.2 Å². The van der Waals surface area contributed by atoms with E-state index in [0.29, 0.717) is 112 Å². The molecule has 0 spiro atoms. The van der Waals surface area contributed by atoms with Gasteiger partial charge in [0.25, 0.3) is 11.8 Å². The second-order valence-electron chi connectivity index (χ2n) is 18.2. The molecule has 0 N–H and O–H groups in total. The molecule has 0 saturated carbocycles. The highest BCUT2D eigenvalue weighted by molar-refractivity contribution is 6.34. The first-order valence-corrected chi connectivity index (χ1v) is 23.7. The summed E-state index contributed by atoms with van der Waals surface area (Å²) in [6.45, 7) is 3.81. The van der Waals surface area contributed by atoms with Crippen molar-refractivity contribution < 1.29 is 36.1 Å². The fourth-order valence-corrected chi connectivity index (χ4v) is 9.55. The molecule has 0 radical (unpaired) electrons. The van der Waals surface area contributed by atoms with Crippen LogP contribution in [0, 0.1) is 25.7 Å². The predicted molar refractivity (Wildman–Crippen MR) is 279 cm³/mol. The number of anilines is 1. The van der Waals surface area contributed by atoms with Gasteiger partial charge in [0.1, 0.15) is 33.1 Å².